The molecule has 1 aromatic heterocycles. The van der Waals surface area contributed by atoms with Crippen molar-refractivity contribution in [1.29, 1.82) is 0 Å². The fourth-order valence-electron chi connectivity index (χ4n) is 6.82. The second kappa shape index (κ2) is 6.85. The van der Waals surface area contributed by atoms with Crippen LogP contribution < -0.4 is 15.4 Å². The first-order valence-electron chi connectivity index (χ1n) is 10.9. The van der Waals surface area contributed by atoms with Gasteiger partial charge in [-0.2, -0.15) is 0 Å². The van der Waals surface area contributed by atoms with Gasteiger partial charge in [0, 0.05) is 11.1 Å². The normalized spacial score (nSPS) is 34.8. The Kier molecular flexibility index (Phi) is 4.35. The Hall–Kier alpha value is -2.30. The van der Waals surface area contributed by atoms with Gasteiger partial charge in [0.2, 0.25) is 16.0 Å². The van der Waals surface area contributed by atoms with Gasteiger partial charge in [-0.1, -0.05) is 6.07 Å². The van der Waals surface area contributed by atoms with E-state index >= 15 is 0 Å². The topological polar surface area (TPSA) is 113 Å². The first-order valence-corrected chi connectivity index (χ1v) is 13.7. The van der Waals surface area contributed by atoms with Gasteiger partial charge in [0.25, 0.3) is 5.91 Å². The minimum Gasteiger partial charge on any atom is -0.350 e. The lowest BCUT2D eigenvalue weighted by molar-refractivity contribution is -0.115. The van der Waals surface area contributed by atoms with Gasteiger partial charge in [0.1, 0.15) is 5.70 Å². The summed E-state index contributed by atoms with van der Waals surface area (Å²) >= 11 is 1.56. The number of hydrogen-bond acceptors (Lipinski definition) is 7. The quantitative estimate of drug-likeness (QED) is 0.593. The largest absolute Gasteiger partial charge is 0.350 e. The monoisotopic (exact) mass is 471 g/mol. The summed E-state index contributed by atoms with van der Waals surface area (Å²) in [6.45, 7) is 0. The zero-order valence-electron chi connectivity index (χ0n) is 17.7. The Balaban J connectivity index is 1.26. The molecule has 7 rings (SSSR count). The highest BCUT2D eigenvalue weighted by molar-refractivity contribution is 7.88. The van der Waals surface area contributed by atoms with Crippen LogP contribution in [0.15, 0.2) is 34.4 Å². The molecule has 4 saturated carbocycles. The molecule has 0 saturated heterocycles. The number of hydrogen-bond donors (Lipinski definition) is 3. The standard InChI is InChI=1S/C22H25N5O3S2/c1-32(29,30)27-22-9-14-4-15(10-22)8-21(7-14,11-22)26-20-24-17(19(28)25-20)5-13-2-3-16-18(6-13)31-12-23-16/h2-3,5-6,12,14-15,27H,4,7-11H2,1H3,(H2,24,25,26,28)/b17-5-. The Morgan fingerprint density at radius 2 is 1.94 bits per heavy atom. The van der Waals surface area contributed by atoms with Crippen molar-refractivity contribution in [2.45, 2.75) is 49.6 Å². The van der Waals surface area contributed by atoms with Crippen molar-refractivity contribution >= 4 is 49.5 Å². The van der Waals surface area contributed by atoms with Crippen LogP contribution in [-0.4, -0.2) is 42.6 Å². The summed E-state index contributed by atoms with van der Waals surface area (Å²) in [5, 5.41) is 6.42. The van der Waals surface area contributed by atoms with E-state index < -0.39 is 15.6 Å². The van der Waals surface area contributed by atoms with E-state index in [0.29, 0.717) is 23.5 Å². The fraction of sp³-hybridized carbons (Fsp3) is 0.500. The van der Waals surface area contributed by atoms with E-state index in [-0.39, 0.29) is 11.4 Å². The van der Waals surface area contributed by atoms with E-state index in [1.54, 1.807) is 22.9 Å². The minimum absolute atomic E-state index is 0.231. The zero-order chi connectivity index (χ0) is 22.1. The van der Waals surface area contributed by atoms with Crippen molar-refractivity contribution in [1.82, 2.24) is 20.3 Å². The Morgan fingerprint density at radius 1 is 1.19 bits per heavy atom. The predicted molar refractivity (Wildman–Crippen MR) is 124 cm³/mol. The van der Waals surface area contributed by atoms with Crippen molar-refractivity contribution < 1.29 is 13.2 Å². The number of carbonyl (C=O) groups excluding carboxylic acids is 1. The van der Waals surface area contributed by atoms with Gasteiger partial charge in [0.05, 0.1) is 22.0 Å². The number of nitrogens with zero attached hydrogens (tertiary/aromatic N) is 2. The SMILES string of the molecule is CS(=O)(=O)NC12CC3CC(CC(NC4=N/C(=C\c5ccc6ncsc6c5)C(=O)N4)(C3)C1)C2. The number of benzene rings is 1. The number of aliphatic imine (C=N–C) groups is 1. The molecule has 2 aromatic rings. The molecule has 1 aliphatic heterocycles. The van der Waals surface area contributed by atoms with Gasteiger partial charge in [-0.25, -0.2) is 23.1 Å². The highest BCUT2D eigenvalue weighted by Crippen LogP contribution is 2.57. The number of rotatable bonds is 4. The van der Waals surface area contributed by atoms with Crippen LogP contribution in [0.4, 0.5) is 0 Å². The van der Waals surface area contributed by atoms with Crippen LogP contribution in [0.3, 0.4) is 0 Å². The molecule has 4 bridgehead atoms. The van der Waals surface area contributed by atoms with Crippen LogP contribution in [0.25, 0.3) is 16.3 Å². The summed E-state index contributed by atoms with van der Waals surface area (Å²) in [6.07, 6.45) is 8.65. The van der Waals surface area contributed by atoms with Crippen LogP contribution >= 0.6 is 11.3 Å². The van der Waals surface area contributed by atoms with Crippen LogP contribution in [0, 0.1) is 11.8 Å². The number of thiazole rings is 1. The molecular formula is C22H25N5O3S2. The molecule has 1 aromatic carbocycles. The fourth-order valence-corrected chi connectivity index (χ4v) is 8.57. The van der Waals surface area contributed by atoms with E-state index in [1.807, 2.05) is 18.2 Å². The van der Waals surface area contributed by atoms with Gasteiger partial charge in [-0.05, 0) is 74.1 Å². The van der Waals surface area contributed by atoms with Gasteiger partial charge in [-0.15, -0.1) is 11.3 Å². The number of carbonyl (C=O) groups is 1. The van der Waals surface area contributed by atoms with Crippen molar-refractivity contribution in [3.8, 4) is 0 Å². The number of amides is 1. The van der Waals surface area contributed by atoms with E-state index in [0.717, 1.165) is 54.3 Å². The maximum Gasteiger partial charge on any atom is 0.276 e. The second-order valence-corrected chi connectivity index (χ2v) is 12.7. The molecule has 2 heterocycles. The molecule has 8 nitrogen and oxygen atoms in total. The maximum atomic E-state index is 12.6. The second-order valence-electron chi connectivity index (χ2n) is 10.0. The highest BCUT2D eigenvalue weighted by Gasteiger charge is 2.59. The molecule has 10 heteroatoms. The minimum atomic E-state index is -3.29. The summed E-state index contributed by atoms with van der Waals surface area (Å²) in [5.74, 6) is 1.20. The molecule has 168 valence electrons. The summed E-state index contributed by atoms with van der Waals surface area (Å²) in [4.78, 5) is 21.5. The summed E-state index contributed by atoms with van der Waals surface area (Å²) in [5.41, 5.74) is 3.38. The van der Waals surface area contributed by atoms with Crippen molar-refractivity contribution in [2.75, 3.05) is 6.26 Å². The zero-order valence-corrected chi connectivity index (χ0v) is 19.4. The first-order chi connectivity index (χ1) is 15.2. The molecule has 1 amide bonds. The van der Waals surface area contributed by atoms with Gasteiger partial charge in [-0.3, -0.25) is 10.1 Å². The number of fused-ring (bicyclic) bond motifs is 1. The van der Waals surface area contributed by atoms with Crippen LogP contribution in [0.1, 0.15) is 44.1 Å². The lowest BCUT2D eigenvalue weighted by atomic mass is 9.50. The van der Waals surface area contributed by atoms with E-state index in [2.05, 4.69) is 25.3 Å². The van der Waals surface area contributed by atoms with Crippen LogP contribution in [-0.2, 0) is 14.8 Å². The number of sulfonamides is 1. The maximum absolute atomic E-state index is 12.6. The Morgan fingerprint density at radius 3 is 2.69 bits per heavy atom. The summed E-state index contributed by atoms with van der Waals surface area (Å²) in [7, 11) is -3.29. The van der Waals surface area contributed by atoms with Gasteiger partial charge < -0.3 is 5.32 Å². The summed E-state index contributed by atoms with van der Waals surface area (Å²) in [6, 6.07) is 5.88. The van der Waals surface area contributed by atoms with E-state index in [1.165, 1.54) is 6.26 Å². The van der Waals surface area contributed by atoms with E-state index in [9.17, 15) is 13.2 Å². The molecule has 2 atom stereocenters. The summed E-state index contributed by atoms with van der Waals surface area (Å²) < 4.78 is 28.2. The van der Waals surface area contributed by atoms with Gasteiger partial charge in [0.15, 0.2) is 0 Å². The molecule has 0 spiro atoms. The number of aromatic nitrogens is 1. The first kappa shape index (κ1) is 20.3. The highest BCUT2D eigenvalue weighted by atomic mass is 32.2. The average molecular weight is 472 g/mol. The molecule has 5 aliphatic rings. The van der Waals surface area contributed by atoms with Gasteiger partial charge >= 0.3 is 0 Å². The van der Waals surface area contributed by atoms with Crippen molar-refractivity contribution in [3.63, 3.8) is 0 Å². The lowest BCUT2D eigenvalue weighted by Crippen LogP contribution is -2.70. The third-order valence-corrected chi connectivity index (χ3v) is 8.80. The molecular weight excluding hydrogens is 446 g/mol. The average Bonchev–Trinajstić information content (AvgIpc) is 3.24. The molecule has 0 radical (unpaired) electrons. The molecule has 32 heavy (non-hydrogen) atoms. The smallest absolute Gasteiger partial charge is 0.276 e. The lowest BCUT2D eigenvalue weighted by Gasteiger charge is -2.62. The van der Waals surface area contributed by atoms with Crippen LogP contribution in [0.5, 0.6) is 0 Å². The van der Waals surface area contributed by atoms with Crippen molar-refractivity contribution in [3.05, 3.63) is 35.0 Å². The number of guanidine groups is 1. The Bertz CT molecular complexity index is 1280. The third-order valence-electron chi connectivity index (χ3n) is 7.20. The third kappa shape index (κ3) is 3.64. The van der Waals surface area contributed by atoms with Crippen LogP contribution in [0.2, 0.25) is 0 Å². The Labute approximate surface area is 190 Å². The molecule has 3 N–H and O–H groups in total. The van der Waals surface area contributed by atoms with Crippen molar-refractivity contribution in [2.24, 2.45) is 16.8 Å². The molecule has 4 fully saturated rings. The molecule has 4 aliphatic carbocycles. The molecule has 2 unspecified atom stereocenters. The van der Waals surface area contributed by atoms with E-state index in [4.69, 9.17) is 0 Å². The number of nitrogens with one attached hydrogen (secondary N) is 3. The predicted octanol–water partition coefficient (Wildman–Crippen LogP) is 2.35.